The van der Waals surface area contributed by atoms with Crippen molar-refractivity contribution in [2.75, 3.05) is 6.61 Å². The number of ether oxygens (including phenoxy) is 1. The van der Waals surface area contributed by atoms with Crippen molar-refractivity contribution < 1.29 is 4.74 Å². The Morgan fingerprint density at radius 1 is 1.42 bits per heavy atom. The quantitative estimate of drug-likeness (QED) is 0.476. The van der Waals surface area contributed by atoms with Gasteiger partial charge >= 0.3 is 0 Å². The van der Waals surface area contributed by atoms with Gasteiger partial charge in [-0.15, -0.1) is 5.73 Å². The van der Waals surface area contributed by atoms with Crippen molar-refractivity contribution >= 4 is 6.08 Å². The molecule has 1 saturated heterocycles. The molecule has 1 aliphatic rings. The Kier molecular flexibility index (Phi) is 1.83. The molecule has 0 bridgehead atoms. The lowest BCUT2D eigenvalue weighted by atomic mass is 10.1. The molecule has 1 aromatic carbocycles. The van der Waals surface area contributed by atoms with Crippen LogP contribution in [0.4, 0.5) is 0 Å². The molecular formula is C11H10O. The highest BCUT2D eigenvalue weighted by Gasteiger charge is 2.23. The fourth-order valence-corrected chi connectivity index (χ4v) is 1.17. The molecule has 1 unspecified atom stereocenters. The van der Waals surface area contributed by atoms with E-state index in [1.165, 1.54) is 5.56 Å². The van der Waals surface area contributed by atoms with E-state index in [9.17, 15) is 0 Å². The van der Waals surface area contributed by atoms with Crippen LogP contribution in [0.5, 0.6) is 0 Å². The summed E-state index contributed by atoms with van der Waals surface area (Å²) in [6, 6.07) is 8.27. The summed E-state index contributed by atoms with van der Waals surface area (Å²) in [5.74, 6) is 0. The maximum absolute atomic E-state index is 5.16. The lowest BCUT2D eigenvalue weighted by Gasteiger charge is -1.95. The number of epoxide rings is 1. The molecule has 0 aliphatic carbocycles. The van der Waals surface area contributed by atoms with Crippen LogP contribution in [-0.2, 0) is 4.74 Å². The molecule has 12 heavy (non-hydrogen) atoms. The molecule has 0 radical (unpaired) electrons. The van der Waals surface area contributed by atoms with Crippen molar-refractivity contribution in [1.82, 2.24) is 0 Å². The van der Waals surface area contributed by atoms with Crippen molar-refractivity contribution in [3.05, 3.63) is 47.7 Å². The van der Waals surface area contributed by atoms with Gasteiger partial charge in [0.15, 0.2) is 0 Å². The summed E-state index contributed by atoms with van der Waals surface area (Å²) in [6.45, 7) is 4.39. The SMILES string of the molecule is C=C=Cc1ccc(C2CO2)cc1. The van der Waals surface area contributed by atoms with Crippen LogP contribution in [0.25, 0.3) is 6.08 Å². The first kappa shape index (κ1) is 7.35. The standard InChI is InChI=1S/C11H10O/c1-2-3-9-4-6-10(7-5-9)11-8-12-11/h3-7,11H,1,8H2. The van der Waals surface area contributed by atoms with Crippen LogP contribution in [0.3, 0.4) is 0 Å². The summed E-state index contributed by atoms with van der Waals surface area (Å²) in [4.78, 5) is 0. The third-order valence-electron chi connectivity index (χ3n) is 1.91. The minimum atomic E-state index is 0.353. The van der Waals surface area contributed by atoms with E-state index in [0.29, 0.717) is 6.10 Å². The van der Waals surface area contributed by atoms with Gasteiger partial charge in [-0.25, -0.2) is 0 Å². The second-order valence-corrected chi connectivity index (χ2v) is 2.84. The predicted octanol–water partition coefficient (Wildman–Crippen LogP) is 2.56. The first-order chi connectivity index (χ1) is 5.90. The fourth-order valence-electron chi connectivity index (χ4n) is 1.17. The van der Waals surface area contributed by atoms with Crippen LogP contribution >= 0.6 is 0 Å². The van der Waals surface area contributed by atoms with E-state index in [-0.39, 0.29) is 0 Å². The van der Waals surface area contributed by atoms with Crippen LogP contribution in [0.1, 0.15) is 17.2 Å². The van der Waals surface area contributed by atoms with Crippen LogP contribution in [0.15, 0.2) is 36.6 Å². The van der Waals surface area contributed by atoms with Crippen molar-refractivity contribution in [3.63, 3.8) is 0 Å². The van der Waals surface area contributed by atoms with Crippen molar-refractivity contribution in [1.29, 1.82) is 0 Å². The highest BCUT2D eigenvalue weighted by Crippen LogP contribution is 2.29. The molecule has 2 rings (SSSR count). The van der Waals surface area contributed by atoms with Gasteiger partial charge in [-0.3, -0.25) is 0 Å². The Hall–Kier alpha value is -1.30. The first-order valence-electron chi connectivity index (χ1n) is 3.97. The van der Waals surface area contributed by atoms with Crippen molar-refractivity contribution in [2.45, 2.75) is 6.10 Å². The lowest BCUT2D eigenvalue weighted by Crippen LogP contribution is -1.79. The topological polar surface area (TPSA) is 12.5 Å². The van der Waals surface area contributed by atoms with Gasteiger partial charge in [0.05, 0.1) is 6.61 Å². The van der Waals surface area contributed by atoms with Gasteiger partial charge in [0.1, 0.15) is 6.10 Å². The second kappa shape index (κ2) is 2.98. The molecule has 1 nitrogen and oxygen atoms in total. The van der Waals surface area contributed by atoms with E-state index < -0.39 is 0 Å². The van der Waals surface area contributed by atoms with E-state index in [4.69, 9.17) is 4.74 Å². The highest BCUT2D eigenvalue weighted by molar-refractivity contribution is 5.48. The zero-order chi connectivity index (χ0) is 8.39. The number of hydrogen-bond donors (Lipinski definition) is 0. The summed E-state index contributed by atoms with van der Waals surface area (Å²) in [7, 11) is 0. The number of benzene rings is 1. The summed E-state index contributed by atoms with van der Waals surface area (Å²) in [5.41, 5.74) is 5.14. The van der Waals surface area contributed by atoms with Gasteiger partial charge in [0.25, 0.3) is 0 Å². The predicted molar refractivity (Wildman–Crippen MR) is 48.7 cm³/mol. The third-order valence-corrected chi connectivity index (χ3v) is 1.91. The second-order valence-electron chi connectivity index (χ2n) is 2.84. The van der Waals surface area contributed by atoms with E-state index >= 15 is 0 Å². The molecule has 0 amide bonds. The van der Waals surface area contributed by atoms with Gasteiger partial charge in [-0.05, 0) is 17.2 Å². The van der Waals surface area contributed by atoms with E-state index in [2.05, 4.69) is 36.6 Å². The number of rotatable bonds is 2. The maximum Gasteiger partial charge on any atom is 0.106 e. The van der Waals surface area contributed by atoms with E-state index in [1.807, 2.05) is 6.08 Å². The molecule has 0 saturated carbocycles. The Balaban J connectivity index is 2.23. The molecule has 60 valence electrons. The molecule has 1 fully saturated rings. The van der Waals surface area contributed by atoms with Gasteiger partial charge in [-0.2, -0.15) is 0 Å². The van der Waals surface area contributed by atoms with Gasteiger partial charge in [-0.1, -0.05) is 30.8 Å². The van der Waals surface area contributed by atoms with Gasteiger partial charge in [0, 0.05) is 0 Å². The average Bonchev–Trinajstić information content (AvgIpc) is 2.89. The monoisotopic (exact) mass is 158 g/mol. The minimum Gasteiger partial charge on any atom is -0.368 e. The Bertz CT molecular complexity index is 313. The molecule has 1 aliphatic heterocycles. The largest absolute Gasteiger partial charge is 0.368 e. The van der Waals surface area contributed by atoms with Crippen molar-refractivity contribution in [3.8, 4) is 0 Å². The zero-order valence-corrected chi connectivity index (χ0v) is 6.79. The summed E-state index contributed by atoms with van der Waals surface area (Å²) < 4.78 is 5.16. The summed E-state index contributed by atoms with van der Waals surface area (Å²) >= 11 is 0. The lowest BCUT2D eigenvalue weighted by molar-refractivity contribution is 0.415. The molecule has 1 atom stereocenters. The Morgan fingerprint density at radius 2 is 2.08 bits per heavy atom. The average molecular weight is 158 g/mol. The Labute approximate surface area is 72.0 Å². The number of hydrogen-bond acceptors (Lipinski definition) is 1. The van der Waals surface area contributed by atoms with Crippen LogP contribution in [0, 0.1) is 0 Å². The molecular weight excluding hydrogens is 148 g/mol. The molecule has 1 aromatic rings. The molecule has 0 aromatic heterocycles. The van der Waals surface area contributed by atoms with Crippen LogP contribution < -0.4 is 0 Å². The third kappa shape index (κ3) is 1.48. The van der Waals surface area contributed by atoms with Gasteiger partial charge < -0.3 is 4.74 Å². The minimum absolute atomic E-state index is 0.353. The molecule has 1 heteroatoms. The van der Waals surface area contributed by atoms with Crippen LogP contribution in [0.2, 0.25) is 0 Å². The maximum atomic E-state index is 5.16. The Morgan fingerprint density at radius 3 is 2.58 bits per heavy atom. The summed E-state index contributed by atoms with van der Waals surface area (Å²) in [6.07, 6.45) is 2.21. The van der Waals surface area contributed by atoms with E-state index in [1.54, 1.807) is 0 Å². The normalized spacial score (nSPS) is 19.8. The smallest absolute Gasteiger partial charge is 0.106 e. The molecule has 0 spiro atoms. The molecule has 0 N–H and O–H groups in total. The molecule has 1 heterocycles. The van der Waals surface area contributed by atoms with Crippen molar-refractivity contribution in [2.24, 2.45) is 0 Å². The summed E-state index contributed by atoms with van der Waals surface area (Å²) in [5, 5.41) is 0. The van der Waals surface area contributed by atoms with Gasteiger partial charge in [0.2, 0.25) is 0 Å². The zero-order valence-electron chi connectivity index (χ0n) is 6.79. The van der Waals surface area contributed by atoms with Crippen LogP contribution in [-0.4, -0.2) is 6.61 Å². The highest BCUT2D eigenvalue weighted by atomic mass is 16.6. The first-order valence-corrected chi connectivity index (χ1v) is 3.97. The fraction of sp³-hybridized carbons (Fsp3) is 0.182. The van der Waals surface area contributed by atoms with E-state index in [0.717, 1.165) is 12.2 Å².